The number of likely N-dealkylation sites (tertiary alicyclic amines) is 1. The van der Waals surface area contributed by atoms with Crippen LogP contribution in [0.15, 0.2) is 33.4 Å². The first-order valence-corrected chi connectivity index (χ1v) is 9.32. The molecule has 4 rings (SSSR count). The van der Waals surface area contributed by atoms with Gasteiger partial charge >= 0.3 is 0 Å². The van der Waals surface area contributed by atoms with Crippen LogP contribution >= 0.6 is 0 Å². The Balaban J connectivity index is 1.27. The molecule has 8 nitrogen and oxygen atoms in total. The van der Waals surface area contributed by atoms with Crippen molar-refractivity contribution >= 4 is 11.8 Å². The van der Waals surface area contributed by atoms with Crippen molar-refractivity contribution in [2.24, 2.45) is 5.92 Å². The standard InChI is InChI=1S/C19H24N4O4/c1-14-9-17(27-20-14)12-21-4-6-22(7-5-21)19(25)15-10-18(24)23(11-15)13-16-3-2-8-26-16/h2-3,8-9,15H,4-7,10-13H2,1H3. The summed E-state index contributed by atoms with van der Waals surface area (Å²) in [5, 5.41) is 3.91. The first-order chi connectivity index (χ1) is 13.1. The van der Waals surface area contributed by atoms with Gasteiger partial charge in [-0.05, 0) is 19.1 Å². The van der Waals surface area contributed by atoms with Gasteiger partial charge in [0, 0.05) is 45.2 Å². The number of aromatic nitrogens is 1. The number of rotatable bonds is 5. The van der Waals surface area contributed by atoms with Gasteiger partial charge in [0.25, 0.3) is 0 Å². The highest BCUT2D eigenvalue weighted by molar-refractivity contribution is 5.89. The van der Waals surface area contributed by atoms with Crippen molar-refractivity contribution in [1.82, 2.24) is 19.9 Å². The third-order valence-corrected chi connectivity index (χ3v) is 5.23. The quantitative estimate of drug-likeness (QED) is 0.786. The molecule has 2 aliphatic heterocycles. The lowest BCUT2D eigenvalue weighted by atomic mass is 10.1. The van der Waals surface area contributed by atoms with Crippen LogP contribution in [0.3, 0.4) is 0 Å². The summed E-state index contributed by atoms with van der Waals surface area (Å²) in [6.07, 6.45) is 1.88. The van der Waals surface area contributed by atoms with Gasteiger partial charge in [0.1, 0.15) is 5.76 Å². The molecule has 2 saturated heterocycles. The fraction of sp³-hybridized carbons (Fsp3) is 0.526. The van der Waals surface area contributed by atoms with Gasteiger partial charge in [-0.25, -0.2) is 0 Å². The maximum Gasteiger partial charge on any atom is 0.228 e. The Labute approximate surface area is 157 Å². The molecule has 1 atom stereocenters. The SMILES string of the molecule is Cc1cc(CN2CCN(C(=O)C3CC(=O)N(Cc4ccco4)C3)CC2)on1. The summed E-state index contributed by atoms with van der Waals surface area (Å²) in [6, 6.07) is 5.59. The fourth-order valence-electron chi connectivity index (χ4n) is 3.78. The molecule has 0 spiro atoms. The number of hydrogen-bond acceptors (Lipinski definition) is 6. The Bertz CT molecular complexity index is 793. The van der Waals surface area contributed by atoms with Crippen molar-refractivity contribution in [3.05, 3.63) is 41.7 Å². The van der Waals surface area contributed by atoms with E-state index in [2.05, 4.69) is 10.1 Å². The minimum Gasteiger partial charge on any atom is -0.467 e. The highest BCUT2D eigenvalue weighted by atomic mass is 16.5. The summed E-state index contributed by atoms with van der Waals surface area (Å²) in [4.78, 5) is 30.9. The van der Waals surface area contributed by atoms with E-state index in [4.69, 9.17) is 8.94 Å². The molecule has 0 radical (unpaired) electrons. The molecule has 0 aromatic carbocycles. The van der Waals surface area contributed by atoms with Gasteiger partial charge < -0.3 is 18.7 Å². The zero-order valence-corrected chi connectivity index (χ0v) is 15.5. The second-order valence-electron chi connectivity index (χ2n) is 7.29. The minimum atomic E-state index is -0.254. The first kappa shape index (κ1) is 17.8. The number of carbonyl (C=O) groups is 2. The Morgan fingerprint density at radius 2 is 2.04 bits per heavy atom. The van der Waals surface area contributed by atoms with Gasteiger partial charge in [-0.3, -0.25) is 14.5 Å². The van der Waals surface area contributed by atoms with Crippen LogP contribution in [0.2, 0.25) is 0 Å². The molecule has 0 N–H and O–H groups in total. The maximum absolute atomic E-state index is 12.8. The number of furan rings is 1. The van der Waals surface area contributed by atoms with Crippen molar-refractivity contribution in [2.45, 2.75) is 26.4 Å². The van der Waals surface area contributed by atoms with E-state index >= 15 is 0 Å². The summed E-state index contributed by atoms with van der Waals surface area (Å²) in [5.41, 5.74) is 0.879. The molecule has 1 unspecified atom stereocenters. The molecule has 0 bridgehead atoms. The Hall–Kier alpha value is -2.61. The fourth-order valence-corrected chi connectivity index (χ4v) is 3.78. The number of aryl methyl sites for hydroxylation is 1. The number of piperazine rings is 1. The lowest BCUT2D eigenvalue weighted by Gasteiger charge is -2.35. The first-order valence-electron chi connectivity index (χ1n) is 9.32. The monoisotopic (exact) mass is 372 g/mol. The molecule has 8 heteroatoms. The second-order valence-corrected chi connectivity index (χ2v) is 7.29. The molecule has 27 heavy (non-hydrogen) atoms. The second kappa shape index (κ2) is 7.56. The van der Waals surface area contributed by atoms with E-state index < -0.39 is 0 Å². The highest BCUT2D eigenvalue weighted by Crippen LogP contribution is 2.23. The van der Waals surface area contributed by atoms with E-state index in [1.807, 2.05) is 24.0 Å². The molecular formula is C19H24N4O4. The van der Waals surface area contributed by atoms with Gasteiger partial charge in [0.15, 0.2) is 5.76 Å². The average Bonchev–Trinajstić information content (AvgIpc) is 3.39. The van der Waals surface area contributed by atoms with Gasteiger partial charge in [-0.2, -0.15) is 0 Å². The lowest BCUT2D eigenvalue weighted by Crippen LogP contribution is -2.50. The van der Waals surface area contributed by atoms with E-state index in [0.717, 1.165) is 30.3 Å². The Kier molecular flexibility index (Phi) is 4.98. The number of amides is 2. The zero-order chi connectivity index (χ0) is 18.8. The van der Waals surface area contributed by atoms with Gasteiger partial charge in [0.2, 0.25) is 11.8 Å². The summed E-state index contributed by atoms with van der Waals surface area (Å²) >= 11 is 0. The Morgan fingerprint density at radius 3 is 2.70 bits per heavy atom. The van der Waals surface area contributed by atoms with Crippen LogP contribution in [-0.2, 0) is 22.7 Å². The van der Waals surface area contributed by atoms with Crippen molar-refractivity contribution in [2.75, 3.05) is 32.7 Å². The van der Waals surface area contributed by atoms with Crippen LogP contribution in [0, 0.1) is 12.8 Å². The van der Waals surface area contributed by atoms with Crippen molar-refractivity contribution < 1.29 is 18.5 Å². The number of hydrogen-bond donors (Lipinski definition) is 0. The third kappa shape index (κ3) is 4.05. The van der Waals surface area contributed by atoms with E-state index in [1.165, 1.54) is 0 Å². The van der Waals surface area contributed by atoms with Crippen LogP contribution in [0.4, 0.5) is 0 Å². The zero-order valence-electron chi connectivity index (χ0n) is 15.5. The normalized spacial score (nSPS) is 21.2. The molecule has 2 aromatic heterocycles. The van der Waals surface area contributed by atoms with Gasteiger partial charge in [0.05, 0.1) is 31.0 Å². The molecular weight excluding hydrogens is 348 g/mol. The molecule has 4 heterocycles. The van der Waals surface area contributed by atoms with Crippen molar-refractivity contribution in [3.63, 3.8) is 0 Å². The maximum atomic E-state index is 12.8. The van der Waals surface area contributed by atoms with Crippen LogP contribution in [0.25, 0.3) is 0 Å². The summed E-state index contributed by atoms with van der Waals surface area (Å²) in [5.74, 6) is 1.44. The molecule has 2 fully saturated rings. The van der Waals surface area contributed by atoms with Gasteiger partial charge in [-0.1, -0.05) is 5.16 Å². The van der Waals surface area contributed by atoms with E-state index in [0.29, 0.717) is 32.7 Å². The topological polar surface area (TPSA) is 83.0 Å². The van der Waals surface area contributed by atoms with Crippen molar-refractivity contribution in [1.29, 1.82) is 0 Å². The van der Waals surface area contributed by atoms with Crippen LogP contribution < -0.4 is 0 Å². The summed E-state index contributed by atoms with van der Waals surface area (Å²) < 4.78 is 10.6. The van der Waals surface area contributed by atoms with Crippen LogP contribution in [-0.4, -0.2) is 64.4 Å². The molecule has 144 valence electrons. The van der Waals surface area contributed by atoms with E-state index in [9.17, 15) is 9.59 Å². The number of carbonyl (C=O) groups excluding carboxylic acids is 2. The predicted molar refractivity (Wildman–Crippen MR) is 95.3 cm³/mol. The van der Waals surface area contributed by atoms with Crippen LogP contribution in [0.5, 0.6) is 0 Å². The van der Waals surface area contributed by atoms with Crippen molar-refractivity contribution in [3.8, 4) is 0 Å². The van der Waals surface area contributed by atoms with Crippen LogP contribution in [0.1, 0.15) is 23.6 Å². The summed E-state index contributed by atoms with van der Waals surface area (Å²) in [7, 11) is 0. The molecule has 2 amide bonds. The lowest BCUT2D eigenvalue weighted by molar-refractivity contribution is -0.137. The summed E-state index contributed by atoms with van der Waals surface area (Å²) in [6.45, 7) is 6.45. The number of nitrogens with zero attached hydrogens (tertiary/aromatic N) is 4. The molecule has 2 aliphatic rings. The van der Waals surface area contributed by atoms with Gasteiger partial charge in [-0.15, -0.1) is 0 Å². The molecule has 0 aliphatic carbocycles. The largest absolute Gasteiger partial charge is 0.467 e. The molecule has 0 saturated carbocycles. The van der Waals surface area contributed by atoms with E-state index in [-0.39, 0.29) is 24.2 Å². The molecule has 2 aromatic rings. The minimum absolute atomic E-state index is 0.0177. The average molecular weight is 372 g/mol. The Morgan fingerprint density at radius 1 is 1.22 bits per heavy atom. The predicted octanol–water partition coefficient (Wildman–Crippen LogP) is 1.27. The smallest absolute Gasteiger partial charge is 0.228 e. The third-order valence-electron chi connectivity index (χ3n) is 5.23. The van der Waals surface area contributed by atoms with E-state index in [1.54, 1.807) is 17.2 Å². The highest BCUT2D eigenvalue weighted by Gasteiger charge is 2.37.